The van der Waals surface area contributed by atoms with Gasteiger partial charge in [0.25, 0.3) is 5.91 Å². The van der Waals surface area contributed by atoms with Crippen molar-refractivity contribution in [2.45, 2.75) is 6.54 Å². The van der Waals surface area contributed by atoms with Gasteiger partial charge in [0, 0.05) is 10.6 Å². The number of benzene rings is 1. The normalized spacial score (nSPS) is 10.6. The number of halogens is 2. The number of ether oxygens (including phenoxy) is 1. The molecule has 1 amide bonds. The summed E-state index contributed by atoms with van der Waals surface area (Å²) >= 11 is 5.96. The number of aromatic nitrogens is 5. The van der Waals surface area contributed by atoms with Crippen LogP contribution in [0.4, 0.5) is 16.0 Å². The van der Waals surface area contributed by atoms with Crippen molar-refractivity contribution in [1.29, 1.82) is 0 Å². The molecule has 0 aliphatic heterocycles. The van der Waals surface area contributed by atoms with E-state index in [-0.39, 0.29) is 29.0 Å². The van der Waals surface area contributed by atoms with Crippen molar-refractivity contribution >= 4 is 29.1 Å². The number of aromatic amines is 1. The highest BCUT2D eigenvalue weighted by molar-refractivity contribution is 6.31. The van der Waals surface area contributed by atoms with E-state index in [0.29, 0.717) is 0 Å². The third-order valence-electron chi connectivity index (χ3n) is 3.46. The number of nitrogens with one attached hydrogen (secondary N) is 2. The lowest BCUT2D eigenvalue weighted by Crippen LogP contribution is -2.15. The zero-order valence-electron chi connectivity index (χ0n) is 13.6. The molecule has 0 bridgehead atoms. The fourth-order valence-electron chi connectivity index (χ4n) is 2.23. The molecule has 13 heteroatoms. The summed E-state index contributed by atoms with van der Waals surface area (Å²) in [6, 6.07) is 4.26. The van der Waals surface area contributed by atoms with E-state index < -0.39 is 28.0 Å². The molecule has 1 aromatic carbocycles. The topological polar surface area (TPSA) is 141 Å². The first-order valence-corrected chi connectivity index (χ1v) is 7.69. The molecule has 2 aromatic heterocycles. The van der Waals surface area contributed by atoms with Crippen LogP contribution in [0.15, 0.2) is 24.5 Å². The lowest BCUT2D eigenvalue weighted by atomic mass is 10.2. The fourth-order valence-corrected chi connectivity index (χ4v) is 2.45. The summed E-state index contributed by atoms with van der Waals surface area (Å²) in [5.74, 6) is -1.88. The van der Waals surface area contributed by atoms with E-state index in [9.17, 15) is 19.3 Å². The van der Waals surface area contributed by atoms with Crippen molar-refractivity contribution in [3.63, 3.8) is 0 Å². The van der Waals surface area contributed by atoms with Crippen LogP contribution in [-0.4, -0.2) is 42.9 Å². The van der Waals surface area contributed by atoms with Gasteiger partial charge in [-0.2, -0.15) is 0 Å². The Morgan fingerprint density at radius 1 is 1.52 bits per heavy atom. The number of anilines is 1. The molecule has 11 nitrogen and oxygen atoms in total. The van der Waals surface area contributed by atoms with Crippen molar-refractivity contribution in [2.24, 2.45) is 0 Å². The molecule has 0 fully saturated rings. The highest BCUT2D eigenvalue weighted by Crippen LogP contribution is 2.28. The Hall–Kier alpha value is -3.54. The predicted octanol–water partition coefficient (Wildman–Crippen LogP) is 2.01. The maximum absolute atomic E-state index is 13.8. The van der Waals surface area contributed by atoms with E-state index >= 15 is 0 Å². The molecule has 0 atom stereocenters. The number of carbonyl (C=O) groups is 1. The van der Waals surface area contributed by atoms with E-state index in [1.54, 1.807) is 0 Å². The van der Waals surface area contributed by atoms with E-state index in [1.165, 1.54) is 36.3 Å². The van der Waals surface area contributed by atoms with Gasteiger partial charge in [-0.05, 0) is 12.1 Å². The van der Waals surface area contributed by atoms with E-state index in [2.05, 4.69) is 25.6 Å². The van der Waals surface area contributed by atoms with Gasteiger partial charge in [-0.3, -0.25) is 25.3 Å². The molecule has 0 aliphatic rings. The summed E-state index contributed by atoms with van der Waals surface area (Å²) < 4.78 is 19.8. The molecule has 2 N–H and O–H groups in total. The third kappa shape index (κ3) is 3.69. The molecule has 0 saturated carbocycles. The average molecular weight is 396 g/mol. The Morgan fingerprint density at radius 2 is 2.30 bits per heavy atom. The number of rotatable bonds is 6. The van der Waals surface area contributed by atoms with Crippen molar-refractivity contribution in [2.75, 3.05) is 12.4 Å². The number of carbonyl (C=O) groups excluding carboxylic acids is 1. The van der Waals surface area contributed by atoms with Gasteiger partial charge in [0.15, 0.2) is 0 Å². The van der Waals surface area contributed by atoms with Crippen molar-refractivity contribution in [3.05, 3.63) is 56.7 Å². The molecular formula is C14H11ClFN7O4. The number of methoxy groups -OCH3 is 1. The molecule has 0 unspecified atom stereocenters. The second kappa shape index (κ2) is 7.37. The zero-order chi connectivity index (χ0) is 19.6. The summed E-state index contributed by atoms with van der Waals surface area (Å²) in [6.07, 6.45) is 1.25. The third-order valence-corrected chi connectivity index (χ3v) is 3.81. The predicted molar refractivity (Wildman–Crippen MR) is 90.3 cm³/mol. The minimum absolute atomic E-state index is 0.0214. The summed E-state index contributed by atoms with van der Waals surface area (Å²) in [4.78, 5) is 26.4. The number of hydrogen-bond acceptors (Lipinski definition) is 7. The summed E-state index contributed by atoms with van der Waals surface area (Å²) in [5, 5.41) is 23.3. The molecule has 2 heterocycles. The van der Waals surface area contributed by atoms with Crippen LogP contribution in [0.5, 0.6) is 5.88 Å². The first-order valence-electron chi connectivity index (χ1n) is 7.31. The monoisotopic (exact) mass is 395 g/mol. The van der Waals surface area contributed by atoms with Gasteiger partial charge in [-0.15, -0.1) is 10.2 Å². The fraction of sp³-hybridized carbons (Fsp3) is 0.143. The van der Waals surface area contributed by atoms with Gasteiger partial charge in [0.2, 0.25) is 11.6 Å². The molecule has 140 valence electrons. The quantitative estimate of drug-likeness (QED) is 0.480. The van der Waals surface area contributed by atoms with Crippen LogP contribution >= 0.6 is 11.6 Å². The molecule has 0 spiro atoms. The van der Waals surface area contributed by atoms with Crippen LogP contribution in [-0.2, 0) is 6.54 Å². The first kappa shape index (κ1) is 18.3. The summed E-state index contributed by atoms with van der Waals surface area (Å²) in [5.41, 5.74) is -0.839. The van der Waals surface area contributed by atoms with E-state index in [1.807, 2.05) is 0 Å². The summed E-state index contributed by atoms with van der Waals surface area (Å²) in [7, 11) is 1.18. The Kier molecular flexibility index (Phi) is 4.98. The number of hydrogen-bond donors (Lipinski definition) is 2. The zero-order valence-corrected chi connectivity index (χ0v) is 14.4. The van der Waals surface area contributed by atoms with Crippen LogP contribution in [0.3, 0.4) is 0 Å². The maximum atomic E-state index is 13.8. The molecule has 3 rings (SSSR count). The lowest BCUT2D eigenvalue weighted by Gasteiger charge is -2.05. The molecule has 0 radical (unpaired) electrons. The minimum atomic E-state index is -0.890. The standard InChI is InChI=1S/C14H11ClFN7O4/c1-27-13-11(23(25)26)10(19-20-13)12(24)18-14-17-6-22(21-14)5-7-8(15)3-2-4-9(7)16/h2-4,6H,5H2,1H3,(H,19,20)(H,18,21,24). The molecule has 0 saturated heterocycles. The highest BCUT2D eigenvalue weighted by Gasteiger charge is 2.30. The molecule has 3 aromatic rings. The van der Waals surface area contributed by atoms with Crippen LogP contribution in [0.25, 0.3) is 0 Å². The van der Waals surface area contributed by atoms with Gasteiger partial charge in [-0.25, -0.2) is 14.1 Å². The number of amides is 1. The van der Waals surface area contributed by atoms with Gasteiger partial charge < -0.3 is 4.74 Å². The smallest absolute Gasteiger partial charge is 0.362 e. The average Bonchev–Trinajstić information content (AvgIpc) is 3.24. The van der Waals surface area contributed by atoms with Crippen LogP contribution in [0, 0.1) is 15.9 Å². The van der Waals surface area contributed by atoms with Crippen LogP contribution < -0.4 is 10.1 Å². The van der Waals surface area contributed by atoms with Gasteiger partial charge in [-0.1, -0.05) is 17.7 Å². The second-order valence-electron chi connectivity index (χ2n) is 5.13. The Balaban J connectivity index is 1.77. The van der Waals surface area contributed by atoms with E-state index in [4.69, 9.17) is 16.3 Å². The van der Waals surface area contributed by atoms with Crippen molar-refractivity contribution in [1.82, 2.24) is 25.0 Å². The largest absolute Gasteiger partial charge is 0.475 e. The summed E-state index contributed by atoms with van der Waals surface area (Å²) in [6.45, 7) is -0.0214. The van der Waals surface area contributed by atoms with Crippen LogP contribution in [0.2, 0.25) is 5.02 Å². The second-order valence-corrected chi connectivity index (χ2v) is 5.54. The molecule has 27 heavy (non-hydrogen) atoms. The lowest BCUT2D eigenvalue weighted by molar-refractivity contribution is -0.386. The van der Waals surface area contributed by atoms with Gasteiger partial charge in [0.1, 0.15) is 12.1 Å². The SMILES string of the molecule is COc1n[nH]c(C(=O)Nc2ncn(Cc3c(F)cccc3Cl)n2)c1[N+](=O)[O-]. The highest BCUT2D eigenvalue weighted by atomic mass is 35.5. The minimum Gasteiger partial charge on any atom is -0.475 e. The van der Waals surface area contributed by atoms with Crippen LogP contribution in [0.1, 0.15) is 16.1 Å². The van der Waals surface area contributed by atoms with Gasteiger partial charge >= 0.3 is 11.6 Å². The molecular weight excluding hydrogens is 385 g/mol. The molecule has 0 aliphatic carbocycles. The van der Waals surface area contributed by atoms with Crippen molar-refractivity contribution in [3.8, 4) is 5.88 Å². The Bertz CT molecular complexity index is 999. The first-order chi connectivity index (χ1) is 12.9. The number of nitro groups is 1. The number of nitrogens with zero attached hydrogens (tertiary/aromatic N) is 5. The number of H-pyrrole nitrogens is 1. The Morgan fingerprint density at radius 3 is 2.96 bits per heavy atom. The maximum Gasteiger partial charge on any atom is 0.362 e. The van der Waals surface area contributed by atoms with E-state index in [0.717, 1.165) is 0 Å². The Labute approximate surface area is 155 Å². The van der Waals surface area contributed by atoms with Crippen molar-refractivity contribution < 1.29 is 18.8 Å². The van der Waals surface area contributed by atoms with Gasteiger partial charge in [0.05, 0.1) is 18.6 Å².